The van der Waals surface area contributed by atoms with Crippen LogP contribution >= 0.6 is 11.6 Å². The van der Waals surface area contributed by atoms with Crippen LogP contribution in [-0.4, -0.2) is 23.5 Å². The normalized spacial score (nSPS) is 12.0. The lowest BCUT2D eigenvalue weighted by Gasteiger charge is -2.16. The summed E-state index contributed by atoms with van der Waals surface area (Å²) >= 11 is 5.92. The summed E-state index contributed by atoms with van der Waals surface area (Å²) < 4.78 is 5.41. The number of amides is 1. The average Bonchev–Trinajstić information content (AvgIpc) is 2.40. The lowest BCUT2D eigenvalue weighted by atomic mass is 10.1. The highest BCUT2D eigenvalue weighted by molar-refractivity contribution is 6.32. The molecule has 1 unspecified atom stereocenters. The van der Waals surface area contributed by atoms with Gasteiger partial charge in [0.25, 0.3) is 11.6 Å². The summed E-state index contributed by atoms with van der Waals surface area (Å²) in [6, 6.07) is 3.86. The monoisotopic (exact) mass is 314 g/mol. The topological polar surface area (TPSA) is 81.5 Å². The number of benzene rings is 1. The van der Waals surface area contributed by atoms with Crippen molar-refractivity contribution in [3.05, 3.63) is 33.3 Å². The van der Waals surface area contributed by atoms with Crippen LogP contribution in [0.2, 0.25) is 5.02 Å². The zero-order chi connectivity index (χ0) is 16.0. The minimum atomic E-state index is -0.781. The van der Waals surface area contributed by atoms with Gasteiger partial charge in [0, 0.05) is 12.6 Å². The second-order valence-corrected chi connectivity index (χ2v) is 5.51. The molecular weight excluding hydrogens is 296 g/mol. The van der Waals surface area contributed by atoms with Gasteiger partial charge in [-0.15, -0.1) is 0 Å². The van der Waals surface area contributed by atoms with E-state index < -0.39 is 11.0 Å². The first-order valence-corrected chi connectivity index (χ1v) is 7.07. The molecule has 0 spiro atoms. The number of nitrogens with zero attached hydrogens (tertiary/aromatic N) is 1. The minimum absolute atomic E-state index is 0.123. The molecule has 0 saturated heterocycles. The smallest absolute Gasteiger partial charge is 0.273 e. The lowest BCUT2D eigenvalue weighted by molar-refractivity contribution is -0.384. The number of rotatable bonds is 7. The van der Waals surface area contributed by atoms with Gasteiger partial charge in [0.05, 0.1) is 16.0 Å². The molecule has 0 aliphatic heterocycles. The zero-order valence-electron chi connectivity index (χ0n) is 12.3. The van der Waals surface area contributed by atoms with E-state index in [0.717, 1.165) is 6.42 Å². The van der Waals surface area contributed by atoms with Gasteiger partial charge in [-0.25, -0.2) is 0 Å². The quantitative estimate of drug-likeness (QED) is 0.619. The Morgan fingerprint density at radius 1 is 1.43 bits per heavy atom. The van der Waals surface area contributed by atoms with Gasteiger partial charge in [0.15, 0.2) is 6.10 Å². The Hall–Kier alpha value is -1.82. The molecule has 0 aliphatic rings. The van der Waals surface area contributed by atoms with E-state index in [1.54, 1.807) is 6.92 Å². The van der Waals surface area contributed by atoms with E-state index >= 15 is 0 Å². The molecule has 0 heterocycles. The third-order valence-electron chi connectivity index (χ3n) is 2.82. The Bertz CT molecular complexity index is 520. The number of halogens is 1. The fourth-order valence-electron chi connectivity index (χ4n) is 1.57. The number of carbonyl (C=O) groups excluding carboxylic acids is 1. The average molecular weight is 315 g/mol. The molecular formula is C14H19ClN2O4. The predicted molar refractivity (Wildman–Crippen MR) is 80.7 cm³/mol. The van der Waals surface area contributed by atoms with Crippen LogP contribution in [0.5, 0.6) is 5.75 Å². The maximum Gasteiger partial charge on any atom is 0.273 e. The second kappa shape index (κ2) is 7.83. The van der Waals surface area contributed by atoms with Gasteiger partial charge in [0.1, 0.15) is 5.75 Å². The van der Waals surface area contributed by atoms with Crippen molar-refractivity contribution in [2.24, 2.45) is 5.92 Å². The predicted octanol–water partition coefficient (Wildman–Crippen LogP) is 3.18. The summed E-state index contributed by atoms with van der Waals surface area (Å²) in [5.74, 6) is 0.336. The Balaban J connectivity index is 2.65. The summed E-state index contributed by atoms with van der Waals surface area (Å²) in [7, 11) is 0. The molecule has 0 aromatic heterocycles. The molecule has 0 bridgehead atoms. The van der Waals surface area contributed by atoms with Crippen molar-refractivity contribution in [2.75, 3.05) is 6.54 Å². The summed E-state index contributed by atoms with van der Waals surface area (Å²) in [6.07, 6.45) is 0.0902. The number of nitro benzene ring substituents is 1. The molecule has 1 rings (SSSR count). The summed E-state index contributed by atoms with van der Waals surface area (Å²) in [4.78, 5) is 22.0. The van der Waals surface area contributed by atoms with Crippen LogP contribution in [0.15, 0.2) is 18.2 Å². The van der Waals surface area contributed by atoms with Gasteiger partial charge < -0.3 is 10.1 Å². The van der Waals surface area contributed by atoms with E-state index in [-0.39, 0.29) is 22.4 Å². The summed E-state index contributed by atoms with van der Waals surface area (Å²) in [5, 5.41) is 13.7. The van der Waals surface area contributed by atoms with Crippen molar-refractivity contribution in [1.82, 2.24) is 5.32 Å². The van der Waals surface area contributed by atoms with Crippen molar-refractivity contribution < 1.29 is 14.5 Å². The van der Waals surface area contributed by atoms with E-state index in [1.165, 1.54) is 18.2 Å². The highest BCUT2D eigenvalue weighted by Crippen LogP contribution is 2.29. The molecule has 1 aromatic rings. The first-order valence-electron chi connectivity index (χ1n) is 6.69. The third kappa shape index (κ3) is 5.59. The first kappa shape index (κ1) is 17.2. The molecule has 0 aliphatic carbocycles. The number of nitro groups is 1. The van der Waals surface area contributed by atoms with E-state index in [9.17, 15) is 14.9 Å². The molecule has 0 saturated carbocycles. The van der Waals surface area contributed by atoms with Crippen LogP contribution in [0.4, 0.5) is 5.69 Å². The van der Waals surface area contributed by atoms with E-state index in [0.29, 0.717) is 12.5 Å². The number of ether oxygens (including phenoxy) is 1. The molecule has 6 nitrogen and oxygen atoms in total. The van der Waals surface area contributed by atoms with Gasteiger partial charge in [-0.05, 0) is 25.3 Å². The van der Waals surface area contributed by atoms with E-state index in [2.05, 4.69) is 19.2 Å². The van der Waals surface area contributed by atoms with Gasteiger partial charge in [0.2, 0.25) is 0 Å². The molecule has 116 valence electrons. The van der Waals surface area contributed by atoms with Crippen molar-refractivity contribution >= 4 is 23.2 Å². The maximum absolute atomic E-state index is 11.8. The highest BCUT2D eigenvalue weighted by Gasteiger charge is 2.18. The van der Waals surface area contributed by atoms with Crippen LogP contribution < -0.4 is 10.1 Å². The van der Waals surface area contributed by atoms with Crippen molar-refractivity contribution in [3.63, 3.8) is 0 Å². The number of carbonyl (C=O) groups is 1. The van der Waals surface area contributed by atoms with Crippen LogP contribution in [0.1, 0.15) is 27.2 Å². The summed E-state index contributed by atoms with van der Waals surface area (Å²) in [5.41, 5.74) is -0.137. The van der Waals surface area contributed by atoms with E-state index in [4.69, 9.17) is 16.3 Å². The largest absolute Gasteiger partial charge is 0.479 e. The Morgan fingerprint density at radius 3 is 2.67 bits per heavy atom. The fourth-order valence-corrected chi connectivity index (χ4v) is 1.73. The SMILES string of the molecule is CC(C)CCNC(=O)C(C)Oc1cc([N+](=O)[O-])ccc1Cl. The van der Waals surface area contributed by atoms with Crippen LogP contribution in [-0.2, 0) is 4.79 Å². The second-order valence-electron chi connectivity index (χ2n) is 5.11. The molecule has 0 fully saturated rings. The standard InChI is InChI=1S/C14H19ClN2O4/c1-9(2)6-7-16-14(18)10(3)21-13-8-11(17(19)20)4-5-12(13)15/h4-5,8-10H,6-7H2,1-3H3,(H,16,18). The van der Waals surface area contributed by atoms with Gasteiger partial charge >= 0.3 is 0 Å². The van der Waals surface area contributed by atoms with Crippen LogP contribution in [0.25, 0.3) is 0 Å². The number of hydrogen-bond donors (Lipinski definition) is 1. The van der Waals surface area contributed by atoms with Gasteiger partial charge in [-0.2, -0.15) is 0 Å². The third-order valence-corrected chi connectivity index (χ3v) is 3.13. The molecule has 1 aromatic carbocycles. The van der Waals surface area contributed by atoms with Gasteiger partial charge in [-0.1, -0.05) is 25.4 Å². The van der Waals surface area contributed by atoms with Crippen molar-refractivity contribution in [2.45, 2.75) is 33.3 Å². The Morgan fingerprint density at radius 2 is 2.10 bits per heavy atom. The number of nitrogens with one attached hydrogen (secondary N) is 1. The molecule has 21 heavy (non-hydrogen) atoms. The molecule has 7 heteroatoms. The molecule has 0 radical (unpaired) electrons. The number of non-ortho nitro benzene ring substituents is 1. The minimum Gasteiger partial charge on any atom is -0.479 e. The lowest BCUT2D eigenvalue weighted by Crippen LogP contribution is -2.37. The zero-order valence-corrected chi connectivity index (χ0v) is 13.0. The van der Waals surface area contributed by atoms with Crippen LogP contribution in [0.3, 0.4) is 0 Å². The van der Waals surface area contributed by atoms with E-state index in [1.807, 2.05) is 0 Å². The first-order chi connectivity index (χ1) is 9.81. The molecule has 1 atom stereocenters. The molecule has 1 amide bonds. The highest BCUT2D eigenvalue weighted by atomic mass is 35.5. The van der Waals surface area contributed by atoms with Crippen LogP contribution in [0, 0.1) is 16.0 Å². The van der Waals surface area contributed by atoms with Gasteiger partial charge in [-0.3, -0.25) is 14.9 Å². The number of hydrogen-bond acceptors (Lipinski definition) is 4. The molecule has 1 N–H and O–H groups in total. The maximum atomic E-state index is 11.8. The Labute approximate surface area is 128 Å². The van der Waals surface area contributed by atoms with Crippen molar-refractivity contribution in [3.8, 4) is 5.75 Å². The fraction of sp³-hybridized carbons (Fsp3) is 0.500. The Kier molecular flexibility index (Phi) is 6.42. The summed E-state index contributed by atoms with van der Waals surface area (Å²) in [6.45, 7) is 6.26. The van der Waals surface area contributed by atoms with Crippen molar-refractivity contribution in [1.29, 1.82) is 0 Å².